The van der Waals surface area contributed by atoms with Crippen LogP contribution in [0.2, 0.25) is 0 Å². The Kier molecular flexibility index (Phi) is 5.38. The van der Waals surface area contributed by atoms with E-state index in [2.05, 4.69) is 25.3 Å². The molecule has 2 aromatic carbocycles. The molecule has 0 saturated carbocycles. The summed E-state index contributed by atoms with van der Waals surface area (Å²) < 4.78 is 4.59. The normalized spacial score (nSPS) is 10.4. The summed E-state index contributed by atoms with van der Waals surface area (Å²) in [5, 5.41) is 6.97. The second-order valence-corrected chi connectivity index (χ2v) is 6.07. The predicted octanol–water partition coefficient (Wildman–Crippen LogP) is 3.06. The summed E-state index contributed by atoms with van der Waals surface area (Å²) in [5.41, 5.74) is 2.88. The summed E-state index contributed by atoms with van der Waals surface area (Å²) in [6.45, 7) is 2.01. The molecule has 0 fully saturated rings. The highest BCUT2D eigenvalue weighted by Gasteiger charge is 2.11. The van der Waals surface area contributed by atoms with Crippen LogP contribution in [0.25, 0.3) is 22.3 Å². The molecule has 6 nitrogen and oxygen atoms in total. The summed E-state index contributed by atoms with van der Waals surface area (Å²) in [6, 6.07) is 15.7. The van der Waals surface area contributed by atoms with Gasteiger partial charge < -0.3 is 15.4 Å². The van der Waals surface area contributed by atoms with Crippen LogP contribution in [0.4, 0.5) is 5.82 Å². The van der Waals surface area contributed by atoms with E-state index in [1.165, 1.54) is 12.7 Å². The number of aromatic nitrogens is 2. The third-order valence-electron chi connectivity index (χ3n) is 3.77. The molecule has 132 valence electrons. The molecule has 0 amide bonds. The van der Waals surface area contributed by atoms with Gasteiger partial charge in [0.15, 0.2) is 10.9 Å². The maximum atomic E-state index is 11.2. The lowest BCUT2D eigenvalue weighted by molar-refractivity contribution is -0.139. The van der Waals surface area contributed by atoms with Gasteiger partial charge in [-0.25, -0.2) is 9.97 Å². The first-order chi connectivity index (χ1) is 12.6. The van der Waals surface area contributed by atoms with Gasteiger partial charge in [0.2, 0.25) is 0 Å². The number of hydrogen-bond acceptors (Lipinski definition) is 5. The van der Waals surface area contributed by atoms with Crippen molar-refractivity contribution in [1.29, 1.82) is 0 Å². The second-order valence-electron chi connectivity index (χ2n) is 5.66. The molecule has 7 heteroatoms. The van der Waals surface area contributed by atoms with Crippen molar-refractivity contribution < 1.29 is 9.53 Å². The van der Waals surface area contributed by atoms with Crippen molar-refractivity contribution in [2.24, 2.45) is 0 Å². The van der Waals surface area contributed by atoms with E-state index >= 15 is 0 Å². The van der Waals surface area contributed by atoms with E-state index in [4.69, 9.17) is 12.2 Å². The quantitative estimate of drug-likeness (QED) is 0.543. The van der Waals surface area contributed by atoms with E-state index in [-0.39, 0.29) is 11.7 Å². The van der Waals surface area contributed by atoms with Crippen LogP contribution in [0, 0.1) is 6.92 Å². The number of fused-ring (bicyclic) bond motifs is 1. The Balaban J connectivity index is 1.94. The van der Waals surface area contributed by atoms with Crippen LogP contribution in [0.15, 0.2) is 48.5 Å². The maximum absolute atomic E-state index is 11.2. The highest BCUT2D eigenvalue weighted by molar-refractivity contribution is 7.80. The molecule has 0 aliphatic rings. The molecular formula is C19H18N4O2S. The van der Waals surface area contributed by atoms with Gasteiger partial charge in [-0.3, -0.25) is 4.79 Å². The fourth-order valence-corrected chi connectivity index (χ4v) is 2.55. The molecule has 0 radical (unpaired) electrons. The lowest BCUT2D eigenvalue weighted by Crippen LogP contribution is -2.33. The highest BCUT2D eigenvalue weighted by Crippen LogP contribution is 2.25. The van der Waals surface area contributed by atoms with E-state index in [0.29, 0.717) is 11.6 Å². The lowest BCUT2D eigenvalue weighted by atomic mass is 10.1. The molecule has 0 spiro atoms. The zero-order valence-corrected chi connectivity index (χ0v) is 15.3. The lowest BCUT2D eigenvalue weighted by Gasteiger charge is -2.12. The van der Waals surface area contributed by atoms with Gasteiger partial charge in [0.1, 0.15) is 12.4 Å². The number of carbonyl (C=O) groups excluding carboxylic acids is 1. The number of rotatable bonds is 4. The summed E-state index contributed by atoms with van der Waals surface area (Å²) in [5.74, 6) is 0.776. The largest absolute Gasteiger partial charge is 0.468 e. The number of esters is 1. The van der Waals surface area contributed by atoms with Crippen molar-refractivity contribution in [2.75, 3.05) is 19.0 Å². The Morgan fingerprint density at radius 3 is 2.58 bits per heavy atom. The third-order valence-corrected chi connectivity index (χ3v) is 4.01. The number of nitrogens with zero attached hydrogens (tertiary/aromatic N) is 2. The number of hydrogen-bond donors (Lipinski definition) is 2. The van der Waals surface area contributed by atoms with Crippen LogP contribution in [-0.4, -0.2) is 34.7 Å². The zero-order valence-electron chi connectivity index (χ0n) is 14.4. The fourth-order valence-electron chi connectivity index (χ4n) is 2.38. The van der Waals surface area contributed by atoms with Crippen LogP contribution < -0.4 is 10.6 Å². The minimum Gasteiger partial charge on any atom is -0.468 e. The number of methoxy groups -OCH3 is 1. The predicted molar refractivity (Wildman–Crippen MR) is 106 cm³/mol. The third kappa shape index (κ3) is 4.12. The Morgan fingerprint density at radius 2 is 1.85 bits per heavy atom. The van der Waals surface area contributed by atoms with Gasteiger partial charge in [0, 0.05) is 10.9 Å². The van der Waals surface area contributed by atoms with Gasteiger partial charge >= 0.3 is 5.97 Å². The van der Waals surface area contributed by atoms with Crippen LogP contribution >= 0.6 is 12.2 Å². The van der Waals surface area contributed by atoms with Crippen molar-refractivity contribution in [1.82, 2.24) is 15.3 Å². The Morgan fingerprint density at radius 1 is 1.12 bits per heavy atom. The molecule has 0 bridgehead atoms. The smallest absolute Gasteiger partial charge is 0.325 e. The molecule has 1 aromatic heterocycles. The van der Waals surface area contributed by atoms with Crippen molar-refractivity contribution in [3.8, 4) is 11.4 Å². The molecule has 0 aliphatic heterocycles. The van der Waals surface area contributed by atoms with Gasteiger partial charge in [-0.05, 0) is 31.3 Å². The first-order valence-electron chi connectivity index (χ1n) is 8.02. The van der Waals surface area contributed by atoms with E-state index in [9.17, 15) is 4.79 Å². The summed E-state index contributed by atoms with van der Waals surface area (Å²) in [4.78, 5) is 20.5. The molecule has 3 rings (SSSR count). The molecule has 1 heterocycles. The van der Waals surface area contributed by atoms with Crippen molar-refractivity contribution in [3.63, 3.8) is 0 Å². The standard InChI is InChI=1S/C19H18N4O2S/c1-12-7-9-13(10-8-12)17-21-15-6-4-3-5-14(15)18(22-17)23-19(26)20-11-16(24)25-2/h3-10H,11H2,1-2H3,(H2,20,21,22,23,26). The summed E-state index contributed by atoms with van der Waals surface area (Å²) in [7, 11) is 1.33. The number of thiocarbonyl (C=S) groups is 1. The molecule has 26 heavy (non-hydrogen) atoms. The molecule has 2 N–H and O–H groups in total. The van der Waals surface area contributed by atoms with E-state index in [0.717, 1.165) is 16.5 Å². The Hall–Kier alpha value is -3.06. The monoisotopic (exact) mass is 366 g/mol. The number of carbonyl (C=O) groups is 1. The first kappa shape index (κ1) is 17.8. The second kappa shape index (κ2) is 7.88. The summed E-state index contributed by atoms with van der Waals surface area (Å²) >= 11 is 5.25. The van der Waals surface area contributed by atoms with Crippen LogP contribution in [0.3, 0.4) is 0 Å². The number of ether oxygens (including phenoxy) is 1. The molecular weight excluding hydrogens is 348 g/mol. The minimum atomic E-state index is -0.401. The van der Waals surface area contributed by atoms with E-state index in [1.54, 1.807) is 0 Å². The average molecular weight is 366 g/mol. The maximum Gasteiger partial charge on any atom is 0.325 e. The minimum absolute atomic E-state index is 0.0177. The number of benzene rings is 2. The van der Waals surface area contributed by atoms with Gasteiger partial charge in [0.05, 0.1) is 12.6 Å². The molecule has 0 unspecified atom stereocenters. The highest BCUT2D eigenvalue weighted by atomic mass is 32.1. The van der Waals surface area contributed by atoms with Crippen LogP contribution in [-0.2, 0) is 9.53 Å². The van der Waals surface area contributed by atoms with Gasteiger partial charge in [-0.2, -0.15) is 0 Å². The number of aryl methyl sites for hydroxylation is 1. The number of nitrogens with one attached hydrogen (secondary N) is 2. The molecule has 0 atom stereocenters. The number of para-hydroxylation sites is 1. The van der Waals surface area contributed by atoms with Crippen molar-refractivity contribution in [3.05, 3.63) is 54.1 Å². The average Bonchev–Trinajstić information content (AvgIpc) is 2.66. The van der Waals surface area contributed by atoms with E-state index in [1.807, 2.05) is 55.5 Å². The Labute approximate surface area is 156 Å². The van der Waals surface area contributed by atoms with Gasteiger partial charge in [-0.15, -0.1) is 0 Å². The van der Waals surface area contributed by atoms with Crippen molar-refractivity contribution >= 4 is 40.0 Å². The molecule has 3 aromatic rings. The first-order valence-corrected chi connectivity index (χ1v) is 8.43. The zero-order chi connectivity index (χ0) is 18.5. The van der Waals surface area contributed by atoms with Gasteiger partial charge in [-0.1, -0.05) is 42.0 Å². The van der Waals surface area contributed by atoms with Crippen LogP contribution in [0.5, 0.6) is 0 Å². The van der Waals surface area contributed by atoms with Crippen LogP contribution in [0.1, 0.15) is 5.56 Å². The SMILES string of the molecule is COC(=O)CNC(=S)Nc1nc(-c2ccc(C)cc2)nc2ccccc12. The Bertz CT molecular complexity index is 957. The number of anilines is 1. The molecule has 0 aliphatic carbocycles. The topological polar surface area (TPSA) is 76.1 Å². The molecule has 0 saturated heterocycles. The van der Waals surface area contributed by atoms with Gasteiger partial charge in [0.25, 0.3) is 0 Å². The fraction of sp³-hybridized carbons (Fsp3) is 0.158. The summed E-state index contributed by atoms with van der Waals surface area (Å²) in [6.07, 6.45) is 0. The van der Waals surface area contributed by atoms with E-state index < -0.39 is 5.97 Å². The van der Waals surface area contributed by atoms with Crippen molar-refractivity contribution in [2.45, 2.75) is 6.92 Å².